The van der Waals surface area contributed by atoms with Crippen molar-refractivity contribution in [3.8, 4) is 0 Å². The molecule has 3 rings (SSSR count). The van der Waals surface area contributed by atoms with Crippen LogP contribution in [0, 0.1) is 3.57 Å². The first kappa shape index (κ1) is 30.1. The number of anilines is 1. The molecule has 0 aliphatic carbocycles. The van der Waals surface area contributed by atoms with Crippen LogP contribution in [0.3, 0.4) is 0 Å². The number of nitrogens with one attached hydrogen (secondary N) is 1. The van der Waals surface area contributed by atoms with Crippen molar-refractivity contribution in [2.24, 2.45) is 0 Å². The predicted molar refractivity (Wildman–Crippen MR) is 162 cm³/mol. The number of hydrogen-bond donors (Lipinski definition) is 1. The fourth-order valence-electron chi connectivity index (χ4n) is 3.74. The molecular formula is C28H31BrIN3O4S. The summed E-state index contributed by atoms with van der Waals surface area (Å²) in [5.74, 6) is -0.788. The highest BCUT2D eigenvalue weighted by Crippen LogP contribution is 2.25. The number of sulfonamides is 1. The maximum atomic E-state index is 13.9. The number of benzene rings is 3. The van der Waals surface area contributed by atoms with Gasteiger partial charge in [0.2, 0.25) is 11.8 Å². The third kappa shape index (κ3) is 7.79. The zero-order valence-electron chi connectivity index (χ0n) is 21.5. The van der Waals surface area contributed by atoms with E-state index >= 15 is 0 Å². The van der Waals surface area contributed by atoms with E-state index in [1.54, 1.807) is 49.4 Å². The van der Waals surface area contributed by atoms with Crippen LogP contribution in [0.5, 0.6) is 0 Å². The molecule has 1 N–H and O–H groups in total. The molecule has 10 heteroatoms. The standard InChI is InChI=1S/C28H31BrIN3O4S/c1-4-20(2)31-28(35)21(3)32(18-22-9-8-10-23(29)17-22)27(34)19-33(25-15-13-24(30)14-16-25)38(36,37)26-11-6-5-7-12-26/h5-17,20-21H,4,18-19H2,1-3H3,(H,31,35)/t20-,21+/m1/s1. The smallest absolute Gasteiger partial charge is 0.264 e. The van der Waals surface area contributed by atoms with Gasteiger partial charge in [-0.15, -0.1) is 0 Å². The summed E-state index contributed by atoms with van der Waals surface area (Å²) in [6.45, 7) is 5.20. The summed E-state index contributed by atoms with van der Waals surface area (Å²) in [4.78, 5) is 28.5. The van der Waals surface area contributed by atoms with Gasteiger partial charge in [-0.05, 0) is 97.0 Å². The Kier molecular flexibility index (Phi) is 10.8. The average Bonchev–Trinajstić information content (AvgIpc) is 2.90. The molecule has 0 saturated heterocycles. The summed E-state index contributed by atoms with van der Waals surface area (Å²) < 4.78 is 30.3. The van der Waals surface area contributed by atoms with E-state index in [2.05, 4.69) is 43.8 Å². The van der Waals surface area contributed by atoms with Crippen molar-refractivity contribution in [1.29, 1.82) is 0 Å². The first-order valence-corrected chi connectivity index (χ1v) is 15.5. The van der Waals surface area contributed by atoms with Crippen LogP contribution in [-0.2, 0) is 26.2 Å². The molecule has 0 radical (unpaired) electrons. The molecule has 2 amide bonds. The lowest BCUT2D eigenvalue weighted by Gasteiger charge is -2.32. The summed E-state index contributed by atoms with van der Waals surface area (Å²) in [6, 6.07) is 21.5. The number of rotatable bonds is 11. The summed E-state index contributed by atoms with van der Waals surface area (Å²) in [5.41, 5.74) is 1.17. The van der Waals surface area contributed by atoms with Crippen molar-refractivity contribution in [2.45, 2.75) is 50.7 Å². The SMILES string of the molecule is CC[C@@H](C)NC(=O)[C@H](C)N(Cc1cccc(Br)c1)C(=O)CN(c1ccc(I)cc1)S(=O)(=O)c1ccccc1. The van der Waals surface area contributed by atoms with Crippen molar-refractivity contribution in [1.82, 2.24) is 10.2 Å². The fourth-order valence-corrected chi connectivity index (χ4v) is 5.98. The van der Waals surface area contributed by atoms with Gasteiger partial charge in [0.25, 0.3) is 10.0 Å². The Morgan fingerprint density at radius 1 is 0.974 bits per heavy atom. The van der Waals surface area contributed by atoms with Gasteiger partial charge in [-0.25, -0.2) is 8.42 Å². The van der Waals surface area contributed by atoms with Gasteiger partial charge in [0.05, 0.1) is 10.6 Å². The molecule has 0 spiro atoms. The van der Waals surface area contributed by atoms with Crippen LogP contribution in [0.15, 0.2) is 88.2 Å². The molecule has 202 valence electrons. The van der Waals surface area contributed by atoms with E-state index in [9.17, 15) is 18.0 Å². The van der Waals surface area contributed by atoms with Crippen molar-refractivity contribution in [3.05, 3.63) is 92.5 Å². The molecule has 0 saturated carbocycles. The average molecular weight is 712 g/mol. The molecule has 0 unspecified atom stereocenters. The Labute approximate surface area is 246 Å². The minimum absolute atomic E-state index is 0.0606. The Morgan fingerprint density at radius 3 is 2.24 bits per heavy atom. The summed E-state index contributed by atoms with van der Waals surface area (Å²) in [5, 5.41) is 2.93. The molecule has 3 aromatic rings. The third-order valence-corrected chi connectivity index (χ3v) is 9.14. The summed E-state index contributed by atoms with van der Waals surface area (Å²) in [6.07, 6.45) is 0.744. The molecule has 38 heavy (non-hydrogen) atoms. The lowest BCUT2D eigenvalue weighted by atomic mass is 10.1. The van der Waals surface area contributed by atoms with E-state index in [0.29, 0.717) is 5.69 Å². The van der Waals surface area contributed by atoms with E-state index in [1.165, 1.54) is 17.0 Å². The van der Waals surface area contributed by atoms with Gasteiger partial charge in [0, 0.05) is 20.6 Å². The minimum atomic E-state index is -4.07. The van der Waals surface area contributed by atoms with Gasteiger partial charge >= 0.3 is 0 Å². The van der Waals surface area contributed by atoms with Gasteiger partial charge < -0.3 is 10.2 Å². The molecule has 0 fully saturated rings. The first-order valence-electron chi connectivity index (χ1n) is 12.2. The van der Waals surface area contributed by atoms with Gasteiger partial charge in [0.1, 0.15) is 12.6 Å². The molecule has 0 aliphatic rings. The van der Waals surface area contributed by atoms with Crippen LogP contribution in [-0.4, -0.2) is 43.8 Å². The predicted octanol–water partition coefficient (Wildman–Crippen LogP) is 5.58. The van der Waals surface area contributed by atoms with Crippen LogP contribution >= 0.6 is 38.5 Å². The summed E-state index contributed by atoms with van der Waals surface area (Å²) in [7, 11) is -4.07. The van der Waals surface area contributed by atoms with Gasteiger partial charge in [-0.3, -0.25) is 13.9 Å². The Morgan fingerprint density at radius 2 is 1.63 bits per heavy atom. The fraction of sp³-hybridized carbons (Fsp3) is 0.286. The second-order valence-corrected chi connectivity index (χ2v) is 13.0. The summed E-state index contributed by atoms with van der Waals surface area (Å²) >= 11 is 5.60. The highest BCUT2D eigenvalue weighted by atomic mass is 127. The molecule has 0 bridgehead atoms. The lowest BCUT2D eigenvalue weighted by molar-refractivity contribution is -0.139. The number of nitrogens with zero attached hydrogens (tertiary/aromatic N) is 2. The molecule has 2 atom stereocenters. The van der Waals surface area contributed by atoms with Crippen LogP contribution in [0.4, 0.5) is 5.69 Å². The van der Waals surface area contributed by atoms with Crippen LogP contribution in [0.1, 0.15) is 32.8 Å². The highest BCUT2D eigenvalue weighted by Gasteiger charge is 2.32. The monoisotopic (exact) mass is 711 g/mol. The molecular weight excluding hydrogens is 681 g/mol. The van der Waals surface area contributed by atoms with Crippen molar-refractivity contribution in [3.63, 3.8) is 0 Å². The molecule has 0 aliphatic heterocycles. The van der Waals surface area contributed by atoms with Crippen molar-refractivity contribution < 1.29 is 18.0 Å². The topological polar surface area (TPSA) is 86.8 Å². The zero-order valence-corrected chi connectivity index (χ0v) is 26.0. The van der Waals surface area contributed by atoms with Crippen LogP contribution in [0.25, 0.3) is 0 Å². The quantitative estimate of drug-likeness (QED) is 0.263. The van der Waals surface area contributed by atoms with Crippen LogP contribution < -0.4 is 9.62 Å². The highest BCUT2D eigenvalue weighted by molar-refractivity contribution is 14.1. The second kappa shape index (κ2) is 13.6. The maximum Gasteiger partial charge on any atom is 0.264 e. The van der Waals surface area contributed by atoms with Crippen LogP contribution in [0.2, 0.25) is 0 Å². The molecule has 3 aromatic carbocycles. The van der Waals surface area contributed by atoms with E-state index in [1.807, 2.05) is 38.1 Å². The number of carbonyl (C=O) groups is 2. The number of halogens is 2. The Bertz CT molecular complexity index is 1350. The van der Waals surface area contributed by atoms with Gasteiger partial charge in [-0.1, -0.05) is 53.2 Å². The molecule has 0 heterocycles. The Hall–Kier alpha value is -2.44. The van der Waals surface area contributed by atoms with Gasteiger partial charge in [-0.2, -0.15) is 0 Å². The third-order valence-electron chi connectivity index (χ3n) is 6.13. The number of carbonyl (C=O) groups excluding carboxylic acids is 2. The van der Waals surface area contributed by atoms with E-state index in [4.69, 9.17) is 0 Å². The largest absolute Gasteiger partial charge is 0.352 e. The zero-order chi connectivity index (χ0) is 27.9. The van der Waals surface area contributed by atoms with E-state index in [0.717, 1.165) is 24.3 Å². The van der Waals surface area contributed by atoms with E-state index < -0.39 is 28.5 Å². The van der Waals surface area contributed by atoms with Crippen molar-refractivity contribution in [2.75, 3.05) is 10.8 Å². The molecule has 7 nitrogen and oxygen atoms in total. The Balaban J connectivity index is 2.01. The minimum Gasteiger partial charge on any atom is -0.352 e. The maximum absolute atomic E-state index is 13.9. The molecule has 0 aromatic heterocycles. The first-order chi connectivity index (χ1) is 18.0. The lowest BCUT2D eigenvalue weighted by Crippen LogP contribution is -2.52. The normalized spacial score (nSPS) is 12.9. The second-order valence-electron chi connectivity index (χ2n) is 8.95. The van der Waals surface area contributed by atoms with E-state index in [-0.39, 0.29) is 23.4 Å². The number of amides is 2. The van der Waals surface area contributed by atoms with Gasteiger partial charge in [0.15, 0.2) is 0 Å². The number of hydrogen-bond acceptors (Lipinski definition) is 4. The van der Waals surface area contributed by atoms with Crippen molar-refractivity contribution >= 4 is 66.0 Å².